The van der Waals surface area contributed by atoms with Crippen LogP contribution in [0.15, 0.2) is 24.3 Å². The van der Waals surface area contributed by atoms with Crippen molar-refractivity contribution < 1.29 is 23.9 Å². The van der Waals surface area contributed by atoms with Gasteiger partial charge in [-0.15, -0.1) is 0 Å². The topological polar surface area (TPSA) is 70.0 Å². The van der Waals surface area contributed by atoms with Gasteiger partial charge < -0.3 is 9.47 Å². The molecule has 0 bridgehead atoms. The summed E-state index contributed by atoms with van der Waals surface area (Å²) in [7, 11) is 2.98. The van der Waals surface area contributed by atoms with E-state index in [-0.39, 0.29) is 18.4 Å². The van der Waals surface area contributed by atoms with Crippen LogP contribution in [0.5, 0.6) is 5.75 Å². The molecule has 122 valence electrons. The van der Waals surface area contributed by atoms with Crippen molar-refractivity contribution in [2.45, 2.75) is 19.4 Å². The van der Waals surface area contributed by atoms with Crippen molar-refractivity contribution in [3.63, 3.8) is 0 Å². The lowest BCUT2D eigenvalue weighted by molar-refractivity contribution is -0.151. The molecule has 0 spiro atoms. The van der Waals surface area contributed by atoms with Crippen LogP contribution in [0.25, 0.3) is 10.9 Å². The van der Waals surface area contributed by atoms with Crippen LogP contribution in [0.3, 0.4) is 0 Å². The standard InChI is InChI=1S/C16H18N2O5/c1-4-23-15(19)9-14-13-7-10-5-6-11(21-2)8-12(10)17(13)16(20)18(14)22-3/h5-8,14H,4,9H2,1-3H3. The summed E-state index contributed by atoms with van der Waals surface area (Å²) in [6.45, 7) is 2.04. The third-order valence-electron chi connectivity index (χ3n) is 3.91. The van der Waals surface area contributed by atoms with Gasteiger partial charge in [0.1, 0.15) is 11.8 Å². The number of benzene rings is 1. The van der Waals surface area contributed by atoms with E-state index in [0.717, 1.165) is 10.9 Å². The second kappa shape index (κ2) is 5.92. The summed E-state index contributed by atoms with van der Waals surface area (Å²) in [5.41, 5.74) is 1.42. The summed E-state index contributed by atoms with van der Waals surface area (Å²) in [4.78, 5) is 29.7. The minimum Gasteiger partial charge on any atom is -0.497 e. The lowest BCUT2D eigenvalue weighted by atomic mass is 10.1. The Hall–Kier alpha value is -2.54. The normalized spacial score (nSPS) is 16.7. The van der Waals surface area contributed by atoms with E-state index < -0.39 is 6.04 Å². The van der Waals surface area contributed by atoms with Crippen LogP contribution in [-0.4, -0.2) is 42.5 Å². The fourth-order valence-corrected chi connectivity index (χ4v) is 2.91. The first-order valence-electron chi connectivity index (χ1n) is 7.33. The predicted molar refractivity (Wildman–Crippen MR) is 82.1 cm³/mol. The highest BCUT2D eigenvalue weighted by molar-refractivity contribution is 5.96. The number of carbonyl (C=O) groups excluding carboxylic acids is 2. The average Bonchev–Trinajstić information content (AvgIpc) is 3.03. The molecule has 0 saturated carbocycles. The maximum Gasteiger partial charge on any atom is 0.353 e. The number of hydrogen-bond acceptors (Lipinski definition) is 5. The van der Waals surface area contributed by atoms with Crippen molar-refractivity contribution in [3.05, 3.63) is 30.0 Å². The number of methoxy groups -OCH3 is 1. The number of nitrogens with zero attached hydrogens (tertiary/aromatic N) is 2. The number of hydroxylamine groups is 2. The van der Waals surface area contributed by atoms with Crippen molar-refractivity contribution in [2.75, 3.05) is 20.8 Å². The minimum atomic E-state index is -0.509. The molecule has 1 atom stereocenters. The number of aromatic nitrogens is 1. The number of fused-ring (bicyclic) bond motifs is 3. The van der Waals surface area contributed by atoms with Crippen molar-refractivity contribution >= 4 is 22.9 Å². The Bertz CT molecular complexity index is 767. The van der Waals surface area contributed by atoms with E-state index in [9.17, 15) is 9.59 Å². The van der Waals surface area contributed by atoms with Gasteiger partial charge in [0.05, 0.1) is 38.5 Å². The van der Waals surface area contributed by atoms with E-state index >= 15 is 0 Å². The molecule has 0 N–H and O–H groups in total. The van der Waals surface area contributed by atoms with Crippen molar-refractivity contribution in [1.29, 1.82) is 0 Å². The van der Waals surface area contributed by atoms with Crippen LogP contribution < -0.4 is 4.74 Å². The second-order valence-electron chi connectivity index (χ2n) is 5.15. The highest BCUT2D eigenvalue weighted by Gasteiger charge is 2.40. The van der Waals surface area contributed by atoms with Gasteiger partial charge in [-0.2, -0.15) is 5.06 Å². The van der Waals surface area contributed by atoms with Gasteiger partial charge >= 0.3 is 12.0 Å². The predicted octanol–water partition coefficient (Wildman–Crippen LogP) is 2.49. The average molecular weight is 318 g/mol. The maximum absolute atomic E-state index is 12.6. The smallest absolute Gasteiger partial charge is 0.353 e. The zero-order valence-electron chi connectivity index (χ0n) is 13.2. The number of hydrogen-bond donors (Lipinski definition) is 0. The molecular formula is C16H18N2O5. The minimum absolute atomic E-state index is 0.0425. The van der Waals surface area contributed by atoms with Crippen LogP contribution in [0, 0.1) is 0 Å². The van der Waals surface area contributed by atoms with Crippen LogP contribution >= 0.6 is 0 Å². The molecule has 1 aromatic carbocycles. The Balaban J connectivity index is 2.07. The van der Waals surface area contributed by atoms with E-state index in [1.165, 1.54) is 12.2 Å². The summed E-state index contributed by atoms with van der Waals surface area (Å²) in [5.74, 6) is 0.285. The van der Waals surface area contributed by atoms with Gasteiger partial charge in [-0.3, -0.25) is 14.2 Å². The second-order valence-corrected chi connectivity index (χ2v) is 5.15. The Labute approximate surface area is 133 Å². The van der Waals surface area contributed by atoms with Crippen LogP contribution in [0.4, 0.5) is 4.79 Å². The molecule has 23 heavy (non-hydrogen) atoms. The van der Waals surface area contributed by atoms with Crippen molar-refractivity contribution in [3.8, 4) is 5.75 Å². The third-order valence-corrected chi connectivity index (χ3v) is 3.91. The van der Waals surface area contributed by atoms with Gasteiger partial charge in [0.25, 0.3) is 0 Å². The highest BCUT2D eigenvalue weighted by Crippen LogP contribution is 2.38. The van der Waals surface area contributed by atoms with Gasteiger partial charge in [-0.25, -0.2) is 4.79 Å². The number of amides is 1. The zero-order chi connectivity index (χ0) is 16.6. The number of ether oxygens (including phenoxy) is 2. The molecule has 0 radical (unpaired) electrons. The zero-order valence-corrected chi connectivity index (χ0v) is 13.2. The fraction of sp³-hybridized carbons (Fsp3) is 0.375. The number of esters is 1. The molecule has 2 aromatic rings. The molecule has 7 heteroatoms. The molecule has 0 aliphatic carbocycles. The van der Waals surface area contributed by atoms with E-state index in [2.05, 4.69) is 0 Å². The van der Waals surface area contributed by atoms with Gasteiger partial charge in [0, 0.05) is 11.5 Å². The first-order valence-corrected chi connectivity index (χ1v) is 7.33. The number of rotatable bonds is 5. The molecular weight excluding hydrogens is 300 g/mol. The SMILES string of the molecule is CCOC(=O)CC1c2cc3ccc(OC)cc3n2C(=O)N1OC. The molecule has 1 unspecified atom stereocenters. The Kier molecular flexibility index (Phi) is 3.96. The Morgan fingerprint density at radius 1 is 1.26 bits per heavy atom. The molecule has 1 aliphatic rings. The monoisotopic (exact) mass is 318 g/mol. The lowest BCUT2D eigenvalue weighted by Gasteiger charge is -2.20. The van der Waals surface area contributed by atoms with Crippen LogP contribution in [-0.2, 0) is 14.4 Å². The lowest BCUT2D eigenvalue weighted by Crippen LogP contribution is -2.30. The van der Waals surface area contributed by atoms with E-state index in [1.807, 2.05) is 18.2 Å². The van der Waals surface area contributed by atoms with E-state index in [0.29, 0.717) is 18.1 Å². The summed E-state index contributed by atoms with van der Waals surface area (Å²) in [6.07, 6.45) is 0.0425. The van der Waals surface area contributed by atoms with Gasteiger partial charge in [-0.1, -0.05) is 0 Å². The highest BCUT2D eigenvalue weighted by atomic mass is 16.7. The molecule has 2 heterocycles. The van der Waals surface area contributed by atoms with Crippen LogP contribution in [0.2, 0.25) is 0 Å². The molecule has 3 rings (SSSR count). The molecule has 7 nitrogen and oxygen atoms in total. The summed E-state index contributed by atoms with van der Waals surface area (Å²) in [6, 6.07) is 6.54. The Morgan fingerprint density at radius 2 is 2.04 bits per heavy atom. The first-order chi connectivity index (χ1) is 11.1. The van der Waals surface area contributed by atoms with E-state index in [1.54, 1.807) is 24.7 Å². The summed E-state index contributed by atoms with van der Waals surface area (Å²) < 4.78 is 11.8. The first kappa shape index (κ1) is 15.4. The van der Waals surface area contributed by atoms with Crippen molar-refractivity contribution in [1.82, 2.24) is 9.63 Å². The third kappa shape index (κ3) is 2.43. The van der Waals surface area contributed by atoms with E-state index in [4.69, 9.17) is 14.3 Å². The van der Waals surface area contributed by atoms with Gasteiger partial charge in [0.2, 0.25) is 0 Å². The Morgan fingerprint density at radius 3 is 2.70 bits per heavy atom. The van der Waals surface area contributed by atoms with Crippen molar-refractivity contribution in [2.24, 2.45) is 0 Å². The molecule has 1 aromatic heterocycles. The van der Waals surface area contributed by atoms with Crippen LogP contribution in [0.1, 0.15) is 25.1 Å². The quantitative estimate of drug-likeness (QED) is 0.792. The summed E-state index contributed by atoms with van der Waals surface area (Å²) in [5, 5.41) is 2.10. The molecule has 0 saturated heterocycles. The molecule has 0 fully saturated rings. The maximum atomic E-state index is 12.6. The summed E-state index contributed by atoms with van der Waals surface area (Å²) >= 11 is 0. The largest absolute Gasteiger partial charge is 0.497 e. The number of carbonyl (C=O) groups is 2. The van der Waals surface area contributed by atoms with Gasteiger partial charge in [0.15, 0.2) is 0 Å². The fourth-order valence-electron chi connectivity index (χ4n) is 2.91. The molecule has 1 amide bonds. The van der Waals surface area contributed by atoms with Gasteiger partial charge in [-0.05, 0) is 25.1 Å². The molecule has 1 aliphatic heterocycles.